The van der Waals surface area contributed by atoms with E-state index in [1.165, 1.54) is 12.1 Å². The molecule has 1 heterocycles. The fourth-order valence-corrected chi connectivity index (χ4v) is 4.88. The van der Waals surface area contributed by atoms with E-state index in [0.717, 1.165) is 18.4 Å². The Hall–Kier alpha value is -2.67. The van der Waals surface area contributed by atoms with Gasteiger partial charge in [-0.3, -0.25) is 9.59 Å². The van der Waals surface area contributed by atoms with Crippen molar-refractivity contribution in [2.24, 2.45) is 0 Å². The van der Waals surface area contributed by atoms with Crippen molar-refractivity contribution < 1.29 is 18.0 Å². The van der Waals surface area contributed by atoms with E-state index in [4.69, 9.17) is 0 Å². The first-order valence-electron chi connectivity index (χ1n) is 8.42. The van der Waals surface area contributed by atoms with Crippen molar-refractivity contribution in [2.75, 3.05) is 13.1 Å². The van der Waals surface area contributed by atoms with E-state index >= 15 is 0 Å². The summed E-state index contributed by atoms with van der Waals surface area (Å²) < 4.78 is 25.6. The number of carbonyl (C=O) groups excluding carboxylic acids is 2. The van der Waals surface area contributed by atoms with Crippen LogP contribution in [0.4, 0.5) is 0 Å². The van der Waals surface area contributed by atoms with Crippen molar-refractivity contribution in [1.82, 2.24) is 9.62 Å². The zero-order valence-corrected chi connectivity index (χ0v) is 14.8. The molecular formula is C19H18N2O4S. The topological polar surface area (TPSA) is 83.6 Å². The van der Waals surface area contributed by atoms with E-state index in [0.29, 0.717) is 10.8 Å². The average molecular weight is 370 g/mol. The molecule has 1 fully saturated rings. The minimum Gasteiger partial charge on any atom is -0.354 e. The minimum absolute atomic E-state index is 0.0410. The standard InChI is InChI=1S/C19H18N2O4S/c22-17(20-13-19(10-11-19)14-6-2-1-3-7-14)12-21-18(23)15-8-4-5-9-16(15)26(21,24)25/h1-9H,10-13H2,(H,20,22). The van der Waals surface area contributed by atoms with Crippen molar-refractivity contribution in [3.63, 3.8) is 0 Å². The van der Waals surface area contributed by atoms with Gasteiger partial charge in [0.15, 0.2) is 0 Å². The number of carbonyl (C=O) groups is 2. The molecule has 2 aromatic rings. The van der Waals surface area contributed by atoms with E-state index in [-0.39, 0.29) is 15.9 Å². The number of fused-ring (bicyclic) bond motifs is 1. The lowest BCUT2D eigenvalue weighted by molar-refractivity contribution is -0.121. The summed E-state index contributed by atoms with van der Waals surface area (Å²) in [5, 5.41) is 2.80. The lowest BCUT2D eigenvalue weighted by Gasteiger charge is -2.19. The van der Waals surface area contributed by atoms with Gasteiger partial charge in [-0.1, -0.05) is 42.5 Å². The number of hydrogen-bond donors (Lipinski definition) is 1. The maximum atomic E-state index is 12.5. The summed E-state index contributed by atoms with van der Waals surface area (Å²) in [5.41, 5.74) is 1.20. The SMILES string of the molecule is O=C(CN1C(=O)c2ccccc2S1(=O)=O)NCC1(c2ccccc2)CC1. The van der Waals surface area contributed by atoms with E-state index in [1.807, 2.05) is 30.3 Å². The third-order valence-corrected chi connectivity index (χ3v) is 6.85. The Morgan fingerprint density at radius 2 is 1.69 bits per heavy atom. The van der Waals surface area contributed by atoms with E-state index in [2.05, 4.69) is 5.32 Å². The fourth-order valence-electron chi connectivity index (χ4n) is 3.35. The molecule has 2 aliphatic rings. The zero-order chi connectivity index (χ0) is 18.4. The molecule has 7 heteroatoms. The molecule has 1 aliphatic carbocycles. The second-order valence-corrected chi connectivity index (χ2v) is 8.57. The Morgan fingerprint density at radius 1 is 1.04 bits per heavy atom. The highest BCUT2D eigenvalue weighted by molar-refractivity contribution is 7.90. The molecular weight excluding hydrogens is 352 g/mol. The maximum absolute atomic E-state index is 12.5. The number of nitrogens with zero attached hydrogens (tertiary/aromatic N) is 1. The average Bonchev–Trinajstić information content (AvgIpc) is 3.42. The molecule has 1 N–H and O–H groups in total. The third-order valence-electron chi connectivity index (χ3n) is 5.06. The van der Waals surface area contributed by atoms with Crippen LogP contribution in [-0.4, -0.2) is 37.6 Å². The van der Waals surface area contributed by atoms with Gasteiger partial charge >= 0.3 is 0 Å². The maximum Gasteiger partial charge on any atom is 0.269 e. The van der Waals surface area contributed by atoms with Crippen LogP contribution in [0.15, 0.2) is 59.5 Å². The lowest BCUT2D eigenvalue weighted by atomic mass is 9.96. The van der Waals surface area contributed by atoms with Crippen LogP contribution in [0.25, 0.3) is 0 Å². The number of amides is 2. The van der Waals surface area contributed by atoms with Crippen LogP contribution >= 0.6 is 0 Å². The quantitative estimate of drug-likeness (QED) is 0.868. The molecule has 2 aromatic carbocycles. The monoisotopic (exact) mass is 370 g/mol. The summed E-state index contributed by atoms with van der Waals surface area (Å²) in [6.45, 7) is -0.0639. The van der Waals surface area contributed by atoms with Crippen LogP contribution in [0.1, 0.15) is 28.8 Å². The summed E-state index contributed by atoms with van der Waals surface area (Å²) in [7, 11) is -3.96. The number of rotatable bonds is 5. The van der Waals surface area contributed by atoms with Crippen LogP contribution < -0.4 is 5.32 Å². The van der Waals surface area contributed by atoms with Gasteiger partial charge in [-0.15, -0.1) is 0 Å². The highest BCUT2D eigenvalue weighted by Crippen LogP contribution is 2.47. The van der Waals surface area contributed by atoms with Gasteiger partial charge in [-0.05, 0) is 30.5 Å². The second-order valence-electron chi connectivity index (χ2n) is 6.74. The van der Waals surface area contributed by atoms with Crippen LogP contribution in [0.5, 0.6) is 0 Å². The van der Waals surface area contributed by atoms with E-state index in [1.54, 1.807) is 12.1 Å². The molecule has 0 saturated heterocycles. The Kier molecular flexibility index (Phi) is 3.84. The molecule has 0 spiro atoms. The normalized spacial score (nSPS) is 19.1. The van der Waals surface area contributed by atoms with Crippen molar-refractivity contribution in [3.8, 4) is 0 Å². The minimum atomic E-state index is -3.96. The van der Waals surface area contributed by atoms with E-state index < -0.39 is 28.4 Å². The first-order chi connectivity index (χ1) is 12.4. The Balaban J connectivity index is 1.44. The van der Waals surface area contributed by atoms with Gasteiger partial charge in [0.2, 0.25) is 5.91 Å². The lowest BCUT2D eigenvalue weighted by Crippen LogP contribution is -2.42. The van der Waals surface area contributed by atoms with Gasteiger partial charge in [0.1, 0.15) is 11.4 Å². The summed E-state index contributed by atoms with van der Waals surface area (Å²) in [5.74, 6) is -1.13. The highest BCUT2D eigenvalue weighted by Gasteiger charge is 2.45. The second kappa shape index (κ2) is 5.95. The molecule has 0 radical (unpaired) electrons. The highest BCUT2D eigenvalue weighted by atomic mass is 32.2. The summed E-state index contributed by atoms with van der Waals surface area (Å²) in [6, 6.07) is 15.9. The molecule has 26 heavy (non-hydrogen) atoms. The predicted molar refractivity (Wildman–Crippen MR) is 95.0 cm³/mol. The largest absolute Gasteiger partial charge is 0.354 e. The molecule has 2 amide bonds. The molecule has 6 nitrogen and oxygen atoms in total. The van der Waals surface area contributed by atoms with Crippen LogP contribution in [0.3, 0.4) is 0 Å². The number of benzene rings is 2. The molecule has 1 saturated carbocycles. The Morgan fingerprint density at radius 3 is 2.35 bits per heavy atom. The smallest absolute Gasteiger partial charge is 0.269 e. The van der Waals surface area contributed by atoms with Gasteiger partial charge in [-0.2, -0.15) is 0 Å². The molecule has 0 atom stereocenters. The van der Waals surface area contributed by atoms with Gasteiger partial charge in [-0.25, -0.2) is 12.7 Å². The zero-order valence-electron chi connectivity index (χ0n) is 14.0. The third kappa shape index (κ3) is 2.68. The van der Waals surface area contributed by atoms with Gasteiger partial charge in [0, 0.05) is 12.0 Å². The molecule has 1 aliphatic heterocycles. The predicted octanol–water partition coefficient (Wildman–Crippen LogP) is 1.68. The number of hydrogen-bond acceptors (Lipinski definition) is 4. The fraction of sp³-hybridized carbons (Fsp3) is 0.263. The van der Waals surface area contributed by atoms with Crippen molar-refractivity contribution in [2.45, 2.75) is 23.2 Å². The molecule has 0 bridgehead atoms. The Labute approximate surface area is 151 Å². The molecule has 0 aromatic heterocycles. The summed E-state index contributed by atoms with van der Waals surface area (Å²) in [4.78, 5) is 24.6. The van der Waals surface area contributed by atoms with Crippen molar-refractivity contribution in [1.29, 1.82) is 0 Å². The first kappa shape index (κ1) is 16.8. The summed E-state index contributed by atoms with van der Waals surface area (Å²) >= 11 is 0. The Bertz CT molecular complexity index is 982. The molecule has 4 rings (SSSR count). The molecule has 0 unspecified atom stereocenters. The van der Waals surface area contributed by atoms with Crippen LogP contribution in [0, 0.1) is 0 Å². The van der Waals surface area contributed by atoms with Gasteiger partial charge in [0.25, 0.3) is 15.9 Å². The number of sulfonamides is 1. The first-order valence-corrected chi connectivity index (χ1v) is 9.86. The van der Waals surface area contributed by atoms with Crippen LogP contribution in [0.2, 0.25) is 0 Å². The molecule has 134 valence electrons. The van der Waals surface area contributed by atoms with Gasteiger partial charge in [0.05, 0.1) is 5.56 Å². The number of nitrogens with one attached hydrogen (secondary N) is 1. The van der Waals surface area contributed by atoms with Crippen LogP contribution in [-0.2, 0) is 20.2 Å². The summed E-state index contributed by atoms with van der Waals surface area (Å²) in [6.07, 6.45) is 1.95. The van der Waals surface area contributed by atoms with E-state index in [9.17, 15) is 18.0 Å². The van der Waals surface area contributed by atoms with Crippen molar-refractivity contribution in [3.05, 3.63) is 65.7 Å². The van der Waals surface area contributed by atoms with Gasteiger partial charge < -0.3 is 5.32 Å². The van der Waals surface area contributed by atoms with Crippen molar-refractivity contribution >= 4 is 21.8 Å².